The Morgan fingerprint density at radius 2 is 2.08 bits per heavy atom. The van der Waals surface area contributed by atoms with Gasteiger partial charge in [0.05, 0.1) is 6.04 Å². The van der Waals surface area contributed by atoms with Crippen molar-refractivity contribution in [1.29, 1.82) is 0 Å². The number of hydrogen-bond acceptors (Lipinski definition) is 2. The largest absolute Gasteiger partial charge is 0.480 e. The molecule has 13 heavy (non-hydrogen) atoms. The molecule has 0 bridgehead atoms. The number of carboxylic acids is 1. The Morgan fingerprint density at radius 1 is 1.46 bits per heavy atom. The van der Waals surface area contributed by atoms with E-state index in [0.29, 0.717) is 6.42 Å². The fourth-order valence-electron chi connectivity index (χ4n) is 1.16. The van der Waals surface area contributed by atoms with E-state index in [0.717, 1.165) is 5.56 Å². The van der Waals surface area contributed by atoms with Crippen LogP contribution < -0.4 is 5.23 Å². The number of carboxylic acid groups (broad SMARTS) is 1. The van der Waals surface area contributed by atoms with Gasteiger partial charge in [0.25, 0.3) is 0 Å². The van der Waals surface area contributed by atoms with E-state index in [1.807, 2.05) is 30.3 Å². The Bertz CT molecular complexity index is 276. The van der Waals surface area contributed by atoms with E-state index in [9.17, 15) is 4.79 Å². The minimum absolute atomic E-state index is 0.498. The van der Waals surface area contributed by atoms with Gasteiger partial charge in [-0.1, -0.05) is 30.3 Å². The van der Waals surface area contributed by atoms with Gasteiger partial charge in [0.15, 0.2) is 7.98 Å². The lowest BCUT2D eigenvalue weighted by molar-refractivity contribution is -0.138. The minimum atomic E-state index is -0.814. The van der Waals surface area contributed by atoms with Gasteiger partial charge in [0, 0.05) is 0 Å². The number of hydrogen-bond donors (Lipinski definition) is 2. The SMILES string of the molecule is BN[C@@H](Cc1ccccc1)C(=O)O. The summed E-state index contributed by atoms with van der Waals surface area (Å²) in [6.45, 7) is 0. The van der Waals surface area contributed by atoms with Crippen molar-refractivity contribution in [2.75, 3.05) is 0 Å². The molecule has 1 rings (SSSR count). The van der Waals surface area contributed by atoms with Crippen LogP contribution in [0.4, 0.5) is 0 Å². The molecule has 0 aliphatic carbocycles. The summed E-state index contributed by atoms with van der Waals surface area (Å²) in [6, 6.07) is 9.08. The molecule has 0 amide bonds. The van der Waals surface area contributed by atoms with Gasteiger partial charge in [0.1, 0.15) is 0 Å². The monoisotopic (exact) mass is 177 g/mol. The van der Waals surface area contributed by atoms with Crippen molar-refractivity contribution in [2.24, 2.45) is 0 Å². The molecule has 3 nitrogen and oxygen atoms in total. The average molecular weight is 177 g/mol. The third-order valence-electron chi connectivity index (χ3n) is 1.93. The van der Waals surface area contributed by atoms with E-state index in [-0.39, 0.29) is 0 Å². The molecule has 0 spiro atoms. The quantitative estimate of drug-likeness (QED) is 0.627. The summed E-state index contributed by atoms with van der Waals surface area (Å²) >= 11 is 0. The van der Waals surface area contributed by atoms with Crippen LogP contribution in [-0.2, 0) is 11.2 Å². The first-order chi connectivity index (χ1) is 6.24. The van der Waals surface area contributed by atoms with Crippen LogP contribution in [0.3, 0.4) is 0 Å². The average Bonchev–Trinajstić information content (AvgIpc) is 2.15. The Hall–Kier alpha value is -1.29. The molecule has 0 aliphatic heterocycles. The summed E-state index contributed by atoms with van der Waals surface area (Å²) in [5, 5.41) is 11.5. The Balaban J connectivity index is 2.62. The Morgan fingerprint density at radius 3 is 2.54 bits per heavy atom. The fourth-order valence-corrected chi connectivity index (χ4v) is 1.16. The van der Waals surface area contributed by atoms with Crippen LogP contribution in [0, 0.1) is 0 Å². The highest BCUT2D eigenvalue weighted by atomic mass is 16.4. The van der Waals surface area contributed by atoms with Crippen LogP contribution in [0.2, 0.25) is 0 Å². The predicted octanol–water partition coefficient (Wildman–Crippen LogP) is -0.180. The molecular formula is C9H12BNO2. The molecule has 4 heteroatoms. The highest BCUT2D eigenvalue weighted by Crippen LogP contribution is 2.02. The molecule has 1 atom stereocenters. The van der Waals surface area contributed by atoms with Crippen molar-refractivity contribution < 1.29 is 9.90 Å². The highest BCUT2D eigenvalue weighted by Gasteiger charge is 2.14. The zero-order valence-electron chi connectivity index (χ0n) is 7.53. The van der Waals surface area contributed by atoms with Crippen LogP contribution in [0.5, 0.6) is 0 Å². The lowest BCUT2D eigenvalue weighted by Crippen LogP contribution is -2.36. The first kappa shape index (κ1) is 9.80. The molecule has 0 aromatic heterocycles. The summed E-state index contributed by atoms with van der Waals surface area (Å²) in [7, 11) is 1.65. The molecule has 68 valence electrons. The van der Waals surface area contributed by atoms with E-state index in [4.69, 9.17) is 5.11 Å². The molecular weight excluding hydrogens is 165 g/mol. The van der Waals surface area contributed by atoms with Gasteiger partial charge < -0.3 is 10.3 Å². The molecule has 0 saturated carbocycles. The summed E-state index contributed by atoms with van der Waals surface area (Å²) in [5.41, 5.74) is 1.03. The summed E-state index contributed by atoms with van der Waals surface area (Å²) in [4.78, 5) is 10.7. The van der Waals surface area contributed by atoms with Crippen molar-refractivity contribution >= 4 is 14.0 Å². The van der Waals surface area contributed by atoms with Crippen molar-refractivity contribution in [3.8, 4) is 0 Å². The maximum atomic E-state index is 10.7. The van der Waals surface area contributed by atoms with E-state index >= 15 is 0 Å². The van der Waals surface area contributed by atoms with Gasteiger partial charge >= 0.3 is 5.97 Å². The van der Waals surface area contributed by atoms with Crippen LogP contribution in [0.1, 0.15) is 5.56 Å². The second kappa shape index (κ2) is 4.67. The first-order valence-electron chi connectivity index (χ1n) is 4.18. The Kier molecular flexibility index (Phi) is 3.52. The van der Waals surface area contributed by atoms with Gasteiger partial charge in [-0.2, -0.15) is 0 Å². The summed E-state index contributed by atoms with van der Waals surface area (Å²) < 4.78 is 0. The van der Waals surface area contributed by atoms with E-state index in [1.54, 1.807) is 7.98 Å². The third kappa shape index (κ3) is 2.91. The minimum Gasteiger partial charge on any atom is -0.480 e. The summed E-state index contributed by atoms with van der Waals surface area (Å²) in [6.07, 6.45) is 0.521. The molecule has 2 N–H and O–H groups in total. The topological polar surface area (TPSA) is 49.3 Å². The number of carbonyl (C=O) groups is 1. The number of aliphatic carboxylic acids is 1. The maximum absolute atomic E-state index is 10.7. The van der Waals surface area contributed by atoms with Gasteiger partial charge in [-0.25, -0.2) is 0 Å². The zero-order valence-corrected chi connectivity index (χ0v) is 7.53. The van der Waals surface area contributed by atoms with Gasteiger partial charge in [-0.05, 0) is 12.0 Å². The standard InChI is InChI=1S/C9H12BNO2/c10-11-8(9(12)13)6-7-4-2-1-3-5-7/h1-5,8,11H,6,10H2,(H,12,13)/t8-/m0/s1. The number of rotatable bonds is 4. The van der Waals surface area contributed by atoms with Gasteiger partial charge in [-0.3, -0.25) is 4.79 Å². The number of nitrogens with one attached hydrogen (secondary N) is 1. The van der Waals surface area contributed by atoms with E-state index in [2.05, 4.69) is 5.23 Å². The molecule has 1 aromatic carbocycles. The third-order valence-corrected chi connectivity index (χ3v) is 1.93. The van der Waals surface area contributed by atoms with Crippen molar-refractivity contribution in [2.45, 2.75) is 12.5 Å². The molecule has 0 radical (unpaired) electrons. The lowest BCUT2D eigenvalue weighted by atomic mass is 10.0. The van der Waals surface area contributed by atoms with Crippen molar-refractivity contribution in [1.82, 2.24) is 5.23 Å². The maximum Gasteiger partial charge on any atom is 0.320 e. The molecule has 0 unspecified atom stereocenters. The van der Waals surface area contributed by atoms with Gasteiger partial charge in [-0.15, -0.1) is 0 Å². The molecule has 0 fully saturated rings. The van der Waals surface area contributed by atoms with Crippen LogP contribution in [0.15, 0.2) is 30.3 Å². The summed E-state index contributed by atoms with van der Waals surface area (Å²) in [5.74, 6) is -0.814. The fraction of sp³-hybridized carbons (Fsp3) is 0.222. The van der Waals surface area contributed by atoms with Crippen LogP contribution in [0.25, 0.3) is 0 Å². The van der Waals surface area contributed by atoms with E-state index < -0.39 is 12.0 Å². The van der Waals surface area contributed by atoms with Crippen LogP contribution >= 0.6 is 0 Å². The van der Waals surface area contributed by atoms with Crippen molar-refractivity contribution in [3.63, 3.8) is 0 Å². The lowest BCUT2D eigenvalue weighted by Gasteiger charge is -2.10. The molecule has 0 saturated heterocycles. The van der Waals surface area contributed by atoms with Crippen LogP contribution in [-0.4, -0.2) is 25.1 Å². The highest BCUT2D eigenvalue weighted by molar-refractivity contribution is 6.06. The zero-order chi connectivity index (χ0) is 9.68. The molecule has 0 heterocycles. The number of benzene rings is 1. The second-order valence-electron chi connectivity index (χ2n) is 2.87. The molecule has 0 aliphatic rings. The van der Waals surface area contributed by atoms with Gasteiger partial charge in [0.2, 0.25) is 0 Å². The predicted molar refractivity (Wildman–Crippen MR) is 53.2 cm³/mol. The molecule has 1 aromatic rings. The van der Waals surface area contributed by atoms with Crippen molar-refractivity contribution in [3.05, 3.63) is 35.9 Å². The first-order valence-corrected chi connectivity index (χ1v) is 4.18. The Labute approximate surface area is 78.2 Å². The smallest absolute Gasteiger partial charge is 0.320 e. The second-order valence-corrected chi connectivity index (χ2v) is 2.87. The van der Waals surface area contributed by atoms with E-state index in [1.165, 1.54) is 0 Å². The normalized spacial score (nSPS) is 12.3.